The first-order chi connectivity index (χ1) is 5.81. The highest BCUT2D eigenvalue weighted by Gasteiger charge is 1.99. The molecule has 0 saturated heterocycles. The van der Waals surface area contributed by atoms with Gasteiger partial charge in [-0.3, -0.25) is 0 Å². The number of carbonyl (C=O) groups excluding carboxylic acids is 1. The summed E-state index contributed by atoms with van der Waals surface area (Å²) in [5.74, 6) is 0. The van der Waals surface area contributed by atoms with Crippen molar-refractivity contribution < 1.29 is 9.90 Å². The molecule has 0 aliphatic heterocycles. The van der Waals surface area contributed by atoms with Gasteiger partial charge in [-0.05, 0) is 19.3 Å². The number of hydrogen-bond acceptors (Lipinski definition) is 2. The van der Waals surface area contributed by atoms with Gasteiger partial charge in [-0.15, -0.1) is 6.58 Å². The van der Waals surface area contributed by atoms with Crippen LogP contribution in [0.4, 0.5) is 0 Å². The average Bonchev–Trinajstić information content (AvgIpc) is 2.05. The summed E-state index contributed by atoms with van der Waals surface area (Å²) in [6.07, 6.45) is 7.57. The van der Waals surface area contributed by atoms with E-state index in [2.05, 4.69) is 6.58 Å². The lowest BCUT2D eigenvalue weighted by molar-refractivity contribution is -0.107. The maximum Gasteiger partial charge on any atom is 0.119 e. The Balaban J connectivity index is 3.07. The van der Waals surface area contributed by atoms with Crippen LogP contribution in [0.25, 0.3) is 0 Å². The van der Waals surface area contributed by atoms with E-state index >= 15 is 0 Å². The van der Waals surface area contributed by atoms with Crippen molar-refractivity contribution in [1.82, 2.24) is 0 Å². The van der Waals surface area contributed by atoms with Crippen LogP contribution in [-0.4, -0.2) is 17.5 Å². The van der Waals surface area contributed by atoms with E-state index < -0.39 is 0 Å². The molecule has 0 aliphatic rings. The maximum absolute atomic E-state index is 9.94. The molecule has 2 heteroatoms. The predicted octanol–water partition coefficient (Wildman–Crippen LogP) is 2.07. The fraction of sp³-hybridized carbons (Fsp3) is 0.700. The highest BCUT2D eigenvalue weighted by Crippen LogP contribution is 2.07. The van der Waals surface area contributed by atoms with Crippen LogP contribution in [0.3, 0.4) is 0 Å². The van der Waals surface area contributed by atoms with Crippen LogP contribution in [-0.2, 0) is 4.79 Å². The third-order valence-electron chi connectivity index (χ3n) is 1.80. The van der Waals surface area contributed by atoms with Gasteiger partial charge in [0.2, 0.25) is 0 Å². The Bertz CT molecular complexity index is 121. The Kier molecular flexibility index (Phi) is 8.02. The lowest BCUT2D eigenvalue weighted by atomic mass is 10.1. The lowest BCUT2D eigenvalue weighted by Gasteiger charge is -2.06. The highest BCUT2D eigenvalue weighted by molar-refractivity contribution is 5.48. The molecular formula is C10H18O2. The molecule has 0 aromatic carbocycles. The second-order valence-corrected chi connectivity index (χ2v) is 2.98. The van der Waals surface area contributed by atoms with Gasteiger partial charge in [0.15, 0.2) is 0 Å². The summed E-state index contributed by atoms with van der Waals surface area (Å²) < 4.78 is 0. The Hall–Kier alpha value is -0.630. The SMILES string of the molecule is C=CCC(O)CCCCCC=O. The van der Waals surface area contributed by atoms with Crippen LogP contribution in [0.5, 0.6) is 0 Å². The molecule has 0 fully saturated rings. The number of rotatable bonds is 8. The summed E-state index contributed by atoms with van der Waals surface area (Å²) in [5.41, 5.74) is 0. The van der Waals surface area contributed by atoms with Crippen LogP contribution in [0.2, 0.25) is 0 Å². The van der Waals surface area contributed by atoms with Gasteiger partial charge in [-0.2, -0.15) is 0 Å². The van der Waals surface area contributed by atoms with Gasteiger partial charge < -0.3 is 9.90 Å². The first-order valence-corrected chi connectivity index (χ1v) is 4.54. The van der Waals surface area contributed by atoms with Crippen molar-refractivity contribution in [2.24, 2.45) is 0 Å². The third kappa shape index (κ3) is 7.48. The van der Waals surface area contributed by atoms with Crippen LogP contribution in [0.1, 0.15) is 38.5 Å². The van der Waals surface area contributed by atoms with E-state index in [1.165, 1.54) is 0 Å². The quantitative estimate of drug-likeness (QED) is 0.344. The molecule has 0 aromatic heterocycles. The van der Waals surface area contributed by atoms with Crippen molar-refractivity contribution in [3.63, 3.8) is 0 Å². The van der Waals surface area contributed by atoms with E-state index in [1.54, 1.807) is 6.08 Å². The molecule has 0 aliphatic carbocycles. The van der Waals surface area contributed by atoms with Crippen molar-refractivity contribution in [2.45, 2.75) is 44.6 Å². The summed E-state index contributed by atoms with van der Waals surface area (Å²) in [6, 6.07) is 0. The number of unbranched alkanes of at least 4 members (excludes halogenated alkanes) is 3. The van der Waals surface area contributed by atoms with Crippen molar-refractivity contribution in [2.75, 3.05) is 0 Å². The van der Waals surface area contributed by atoms with Crippen molar-refractivity contribution in [1.29, 1.82) is 0 Å². The fourth-order valence-electron chi connectivity index (χ4n) is 1.09. The molecule has 1 N–H and O–H groups in total. The van der Waals surface area contributed by atoms with Gasteiger partial charge in [0.1, 0.15) is 6.29 Å². The summed E-state index contributed by atoms with van der Waals surface area (Å²) >= 11 is 0. The molecule has 0 heterocycles. The molecular weight excluding hydrogens is 152 g/mol. The van der Waals surface area contributed by atoms with Crippen LogP contribution in [0, 0.1) is 0 Å². The van der Waals surface area contributed by atoms with Crippen molar-refractivity contribution in [3.8, 4) is 0 Å². The molecule has 0 spiro atoms. The molecule has 2 nitrogen and oxygen atoms in total. The van der Waals surface area contributed by atoms with Gasteiger partial charge >= 0.3 is 0 Å². The van der Waals surface area contributed by atoms with E-state index in [9.17, 15) is 9.90 Å². The lowest BCUT2D eigenvalue weighted by Crippen LogP contribution is -2.03. The van der Waals surface area contributed by atoms with E-state index in [-0.39, 0.29) is 6.10 Å². The smallest absolute Gasteiger partial charge is 0.119 e. The van der Waals surface area contributed by atoms with E-state index in [1.807, 2.05) is 0 Å². The van der Waals surface area contributed by atoms with Crippen LogP contribution < -0.4 is 0 Å². The Labute approximate surface area is 74.3 Å². The zero-order chi connectivity index (χ0) is 9.23. The zero-order valence-electron chi connectivity index (χ0n) is 7.54. The Morgan fingerprint density at radius 2 is 2.08 bits per heavy atom. The second-order valence-electron chi connectivity index (χ2n) is 2.98. The minimum Gasteiger partial charge on any atom is -0.393 e. The second kappa shape index (κ2) is 8.47. The van der Waals surface area contributed by atoms with E-state index in [4.69, 9.17) is 0 Å². The summed E-state index contributed by atoms with van der Waals surface area (Å²) in [5, 5.41) is 9.26. The zero-order valence-corrected chi connectivity index (χ0v) is 7.54. The van der Waals surface area contributed by atoms with Gasteiger partial charge in [0.05, 0.1) is 6.10 Å². The topological polar surface area (TPSA) is 37.3 Å². The predicted molar refractivity (Wildman–Crippen MR) is 50.0 cm³/mol. The first-order valence-electron chi connectivity index (χ1n) is 4.54. The number of aliphatic hydroxyl groups is 1. The van der Waals surface area contributed by atoms with E-state index in [0.717, 1.165) is 32.0 Å². The molecule has 70 valence electrons. The van der Waals surface area contributed by atoms with Crippen LogP contribution >= 0.6 is 0 Å². The van der Waals surface area contributed by atoms with Crippen LogP contribution in [0.15, 0.2) is 12.7 Å². The Morgan fingerprint density at radius 1 is 1.33 bits per heavy atom. The molecule has 0 bridgehead atoms. The summed E-state index contributed by atoms with van der Waals surface area (Å²) in [6.45, 7) is 3.55. The number of carbonyl (C=O) groups is 1. The molecule has 0 saturated carbocycles. The van der Waals surface area contributed by atoms with Crippen molar-refractivity contribution in [3.05, 3.63) is 12.7 Å². The molecule has 12 heavy (non-hydrogen) atoms. The maximum atomic E-state index is 9.94. The van der Waals surface area contributed by atoms with Gasteiger partial charge in [0, 0.05) is 6.42 Å². The average molecular weight is 170 g/mol. The van der Waals surface area contributed by atoms with Gasteiger partial charge in [-0.25, -0.2) is 0 Å². The third-order valence-corrected chi connectivity index (χ3v) is 1.80. The molecule has 0 rings (SSSR count). The number of hydrogen-bond donors (Lipinski definition) is 1. The molecule has 1 atom stereocenters. The van der Waals surface area contributed by atoms with Crippen molar-refractivity contribution >= 4 is 6.29 Å². The first kappa shape index (κ1) is 11.4. The van der Waals surface area contributed by atoms with Gasteiger partial charge in [0.25, 0.3) is 0 Å². The summed E-state index contributed by atoms with van der Waals surface area (Å²) in [7, 11) is 0. The minimum absolute atomic E-state index is 0.237. The largest absolute Gasteiger partial charge is 0.393 e. The highest BCUT2D eigenvalue weighted by atomic mass is 16.3. The number of aldehydes is 1. The number of aliphatic hydroxyl groups excluding tert-OH is 1. The molecule has 1 unspecified atom stereocenters. The van der Waals surface area contributed by atoms with E-state index in [0.29, 0.717) is 12.8 Å². The fourth-order valence-corrected chi connectivity index (χ4v) is 1.09. The standard InChI is InChI=1S/C10H18O2/c1-2-7-10(12)8-5-3-4-6-9-11/h2,9-10,12H,1,3-8H2. The van der Waals surface area contributed by atoms with Gasteiger partial charge in [-0.1, -0.05) is 18.9 Å². The summed E-state index contributed by atoms with van der Waals surface area (Å²) in [4.78, 5) is 9.94. The molecule has 0 amide bonds. The molecule has 0 radical (unpaired) electrons. The Morgan fingerprint density at radius 3 is 2.67 bits per heavy atom. The molecule has 0 aromatic rings. The normalized spacial score (nSPS) is 12.4. The monoisotopic (exact) mass is 170 g/mol. The minimum atomic E-state index is -0.237.